The van der Waals surface area contributed by atoms with Crippen LogP contribution in [0.2, 0.25) is 0 Å². The zero-order chi connectivity index (χ0) is 15.0. The molecule has 112 valence electrons. The fraction of sp³-hybridized carbons (Fsp3) is 0.273. The van der Waals surface area contributed by atoms with E-state index in [2.05, 4.69) is 20.5 Å². The predicted molar refractivity (Wildman–Crippen MR) is 79.9 cm³/mol. The number of aromatic nitrogens is 4. The number of nitrogens with zero attached hydrogens (tertiary/aromatic N) is 4. The zero-order valence-electron chi connectivity index (χ0n) is 11.4. The zero-order valence-corrected chi connectivity index (χ0v) is 13.1. The normalized spacial score (nSPS) is 12.3. The molecule has 0 amide bonds. The lowest BCUT2D eigenvalue weighted by Gasteiger charge is -2.16. The van der Waals surface area contributed by atoms with E-state index >= 15 is 0 Å². The number of imidazole rings is 1. The molecule has 0 aliphatic carbocycles. The summed E-state index contributed by atoms with van der Waals surface area (Å²) in [7, 11) is -0.485. The maximum atomic E-state index is 12.8. The van der Waals surface area contributed by atoms with Crippen LogP contribution >= 0.6 is 11.3 Å². The Morgan fingerprint density at radius 1 is 1.52 bits per heavy atom. The number of rotatable bonds is 5. The topological polar surface area (TPSA) is 95.4 Å². The Hall–Kier alpha value is -1.91. The summed E-state index contributed by atoms with van der Waals surface area (Å²) >= 11 is 1.38. The second-order valence-electron chi connectivity index (χ2n) is 4.44. The van der Waals surface area contributed by atoms with Gasteiger partial charge < -0.3 is 5.32 Å². The first-order valence-electron chi connectivity index (χ1n) is 6.11. The summed E-state index contributed by atoms with van der Waals surface area (Å²) in [4.78, 5) is 4.92. The van der Waals surface area contributed by atoms with Crippen molar-refractivity contribution in [2.24, 2.45) is 0 Å². The monoisotopic (exact) mass is 326 g/mol. The Morgan fingerprint density at radius 2 is 2.33 bits per heavy atom. The fourth-order valence-corrected chi connectivity index (χ4v) is 4.20. The van der Waals surface area contributed by atoms with Crippen molar-refractivity contribution in [1.82, 2.24) is 23.9 Å². The molecule has 0 unspecified atom stereocenters. The molecule has 10 heteroatoms. The van der Waals surface area contributed by atoms with Crippen LogP contribution in [0, 0.1) is 0 Å². The second-order valence-corrected chi connectivity index (χ2v) is 7.27. The average molecular weight is 326 g/mol. The first-order chi connectivity index (χ1) is 10.0. The van der Waals surface area contributed by atoms with Crippen LogP contribution in [-0.2, 0) is 16.6 Å². The highest BCUT2D eigenvalue weighted by Gasteiger charge is 2.29. The second kappa shape index (κ2) is 5.13. The molecule has 0 saturated carbocycles. The lowest BCUT2D eigenvalue weighted by molar-refractivity contribution is 0.463. The number of thiazole rings is 1. The standard InChI is InChI=1S/C11H14N6O2S2/c1-12-9-10(17-3-4-20-11(17)15-9)21(18,19)16(2)7-8-5-13-14-6-8/h3-6,12H,7H2,1-2H3,(H,13,14). The van der Waals surface area contributed by atoms with Crippen LogP contribution in [0.15, 0.2) is 29.0 Å². The van der Waals surface area contributed by atoms with E-state index in [0.717, 1.165) is 5.56 Å². The number of H-pyrrole nitrogens is 1. The number of sulfonamides is 1. The Bertz CT molecular complexity index is 849. The molecule has 0 aliphatic rings. The Morgan fingerprint density at radius 3 is 3.00 bits per heavy atom. The molecular weight excluding hydrogens is 312 g/mol. The van der Waals surface area contributed by atoms with Gasteiger partial charge in [-0.1, -0.05) is 0 Å². The summed E-state index contributed by atoms with van der Waals surface area (Å²) in [5.41, 5.74) is 0.790. The van der Waals surface area contributed by atoms with Crippen molar-refractivity contribution in [3.63, 3.8) is 0 Å². The van der Waals surface area contributed by atoms with E-state index in [9.17, 15) is 8.42 Å². The van der Waals surface area contributed by atoms with Crippen molar-refractivity contribution in [1.29, 1.82) is 0 Å². The van der Waals surface area contributed by atoms with Gasteiger partial charge in [-0.15, -0.1) is 11.3 Å². The third-order valence-electron chi connectivity index (χ3n) is 3.07. The first-order valence-corrected chi connectivity index (χ1v) is 8.43. The molecular formula is C11H14N6O2S2. The minimum atomic E-state index is -3.67. The molecule has 0 bridgehead atoms. The van der Waals surface area contributed by atoms with Gasteiger partial charge in [0, 0.05) is 44.0 Å². The van der Waals surface area contributed by atoms with Crippen molar-refractivity contribution in [2.45, 2.75) is 11.6 Å². The SMILES string of the molecule is CNc1nc2sccn2c1S(=O)(=O)N(C)Cc1cn[nH]c1. The van der Waals surface area contributed by atoms with E-state index in [-0.39, 0.29) is 11.6 Å². The van der Waals surface area contributed by atoms with Gasteiger partial charge in [0.1, 0.15) is 0 Å². The van der Waals surface area contributed by atoms with Crippen LogP contribution in [0.5, 0.6) is 0 Å². The third kappa shape index (κ3) is 2.30. The first kappa shape index (κ1) is 14.0. The van der Waals surface area contributed by atoms with E-state index in [1.54, 1.807) is 35.4 Å². The Balaban J connectivity index is 2.05. The van der Waals surface area contributed by atoms with Gasteiger partial charge in [0.05, 0.1) is 6.20 Å². The summed E-state index contributed by atoms with van der Waals surface area (Å²) in [5, 5.41) is 11.3. The molecule has 0 fully saturated rings. The minimum Gasteiger partial charge on any atom is -0.371 e. The molecule has 0 spiro atoms. The third-order valence-corrected chi connectivity index (χ3v) is 5.65. The van der Waals surface area contributed by atoms with Gasteiger partial charge in [0.15, 0.2) is 15.8 Å². The highest BCUT2D eigenvalue weighted by molar-refractivity contribution is 7.89. The quantitative estimate of drug-likeness (QED) is 0.729. The average Bonchev–Trinajstić information content (AvgIpc) is 3.13. The van der Waals surface area contributed by atoms with Gasteiger partial charge in [-0.05, 0) is 0 Å². The lowest BCUT2D eigenvalue weighted by atomic mass is 10.4. The highest BCUT2D eigenvalue weighted by Crippen LogP contribution is 2.27. The smallest absolute Gasteiger partial charge is 0.262 e. The maximum Gasteiger partial charge on any atom is 0.262 e. The minimum absolute atomic E-state index is 0.146. The number of fused-ring (bicyclic) bond motifs is 1. The fourth-order valence-electron chi connectivity index (χ4n) is 2.03. The number of aromatic amines is 1. The Kier molecular flexibility index (Phi) is 3.43. The molecule has 2 N–H and O–H groups in total. The maximum absolute atomic E-state index is 12.8. The molecule has 21 heavy (non-hydrogen) atoms. The van der Waals surface area contributed by atoms with Crippen LogP contribution in [0.25, 0.3) is 4.96 Å². The number of nitrogens with one attached hydrogen (secondary N) is 2. The molecule has 3 heterocycles. The summed E-state index contributed by atoms with van der Waals surface area (Å²) < 4.78 is 28.5. The van der Waals surface area contributed by atoms with Crippen molar-refractivity contribution in [2.75, 3.05) is 19.4 Å². The number of hydrogen-bond acceptors (Lipinski definition) is 6. The summed E-state index contributed by atoms with van der Waals surface area (Å²) in [6, 6.07) is 0. The highest BCUT2D eigenvalue weighted by atomic mass is 32.2. The number of hydrogen-bond donors (Lipinski definition) is 2. The molecule has 0 radical (unpaired) electrons. The van der Waals surface area contributed by atoms with Crippen LogP contribution in [0.4, 0.5) is 5.82 Å². The molecule has 3 aromatic heterocycles. The van der Waals surface area contributed by atoms with E-state index in [4.69, 9.17) is 0 Å². The van der Waals surface area contributed by atoms with Crippen molar-refractivity contribution >= 4 is 32.1 Å². The van der Waals surface area contributed by atoms with Crippen LogP contribution < -0.4 is 5.32 Å². The van der Waals surface area contributed by atoms with Crippen molar-refractivity contribution < 1.29 is 8.42 Å². The van der Waals surface area contributed by atoms with E-state index in [0.29, 0.717) is 10.8 Å². The summed E-state index contributed by atoms with van der Waals surface area (Å²) in [5.74, 6) is 0.348. The van der Waals surface area contributed by atoms with Gasteiger partial charge in [0.25, 0.3) is 10.0 Å². The largest absolute Gasteiger partial charge is 0.371 e. The van der Waals surface area contributed by atoms with E-state index in [1.165, 1.54) is 22.7 Å². The van der Waals surface area contributed by atoms with Gasteiger partial charge in [-0.25, -0.2) is 13.4 Å². The molecule has 0 aliphatic heterocycles. The lowest BCUT2D eigenvalue weighted by Crippen LogP contribution is -2.28. The van der Waals surface area contributed by atoms with E-state index in [1.807, 2.05) is 0 Å². The van der Waals surface area contributed by atoms with Crippen LogP contribution in [0.1, 0.15) is 5.56 Å². The molecule has 3 aromatic rings. The van der Waals surface area contributed by atoms with Gasteiger partial charge in [0.2, 0.25) is 0 Å². The van der Waals surface area contributed by atoms with Crippen molar-refractivity contribution in [3.8, 4) is 0 Å². The number of anilines is 1. The summed E-state index contributed by atoms with van der Waals surface area (Å²) in [6.45, 7) is 0.235. The van der Waals surface area contributed by atoms with Gasteiger partial charge >= 0.3 is 0 Å². The van der Waals surface area contributed by atoms with Gasteiger partial charge in [-0.2, -0.15) is 9.40 Å². The Labute approximate surface area is 125 Å². The van der Waals surface area contributed by atoms with E-state index < -0.39 is 10.0 Å². The summed E-state index contributed by atoms with van der Waals surface area (Å²) in [6.07, 6.45) is 4.97. The van der Waals surface area contributed by atoms with Crippen LogP contribution in [0.3, 0.4) is 0 Å². The molecule has 0 atom stereocenters. The molecule has 3 rings (SSSR count). The van der Waals surface area contributed by atoms with Crippen molar-refractivity contribution in [3.05, 3.63) is 29.5 Å². The molecule has 0 aromatic carbocycles. The van der Waals surface area contributed by atoms with Crippen LogP contribution in [-0.4, -0.2) is 46.4 Å². The van der Waals surface area contributed by atoms with Gasteiger partial charge in [-0.3, -0.25) is 9.50 Å². The molecule has 0 saturated heterocycles. The molecule has 8 nitrogen and oxygen atoms in total. The predicted octanol–water partition coefficient (Wildman–Crippen LogP) is 0.981.